The summed E-state index contributed by atoms with van der Waals surface area (Å²) in [6.07, 6.45) is 2.72. The van der Waals surface area contributed by atoms with Crippen molar-refractivity contribution in [3.8, 4) is 0 Å². The summed E-state index contributed by atoms with van der Waals surface area (Å²) in [4.78, 5) is 4.08. The second kappa shape index (κ2) is 2.16. The molecule has 1 aliphatic rings. The van der Waals surface area contributed by atoms with Gasteiger partial charge in [-0.05, 0) is 25.7 Å². The lowest BCUT2D eigenvalue weighted by atomic mass is 10.4. The van der Waals surface area contributed by atoms with Gasteiger partial charge in [-0.2, -0.15) is 0 Å². The van der Waals surface area contributed by atoms with Gasteiger partial charge in [-0.15, -0.1) is 0 Å². The molecule has 0 spiro atoms. The topological polar surface area (TPSA) is 38.4 Å². The van der Waals surface area contributed by atoms with E-state index in [2.05, 4.69) is 4.99 Å². The fraction of sp³-hybridized carbons (Fsp3) is 0.833. The van der Waals surface area contributed by atoms with Crippen molar-refractivity contribution in [2.45, 2.75) is 19.8 Å². The Morgan fingerprint density at radius 1 is 1.75 bits per heavy atom. The highest BCUT2D eigenvalue weighted by atomic mass is 14.8. The Morgan fingerprint density at radius 3 is 2.75 bits per heavy atom. The van der Waals surface area contributed by atoms with Gasteiger partial charge in [0.1, 0.15) is 0 Å². The van der Waals surface area contributed by atoms with Gasteiger partial charge in [-0.25, -0.2) is 0 Å². The maximum absolute atomic E-state index is 5.32. The van der Waals surface area contributed by atoms with Gasteiger partial charge in [0.15, 0.2) is 0 Å². The molecule has 1 rings (SSSR count). The summed E-state index contributed by atoms with van der Waals surface area (Å²) in [7, 11) is 0. The largest absolute Gasteiger partial charge is 0.388 e. The van der Waals surface area contributed by atoms with Crippen LogP contribution in [0, 0.1) is 5.92 Å². The molecule has 0 amide bonds. The van der Waals surface area contributed by atoms with Crippen LogP contribution >= 0.6 is 0 Å². The van der Waals surface area contributed by atoms with Crippen molar-refractivity contribution in [3.05, 3.63) is 0 Å². The van der Waals surface area contributed by atoms with Crippen LogP contribution in [0.25, 0.3) is 0 Å². The van der Waals surface area contributed by atoms with Gasteiger partial charge in [0, 0.05) is 6.54 Å². The van der Waals surface area contributed by atoms with Crippen LogP contribution in [0.1, 0.15) is 19.8 Å². The van der Waals surface area contributed by atoms with E-state index in [1.54, 1.807) is 0 Å². The minimum atomic E-state index is 0.719. The Labute approximate surface area is 49.8 Å². The minimum Gasteiger partial charge on any atom is -0.388 e. The predicted molar refractivity (Wildman–Crippen MR) is 34.9 cm³/mol. The first-order chi connectivity index (χ1) is 3.79. The normalized spacial score (nSPS) is 21.4. The van der Waals surface area contributed by atoms with Gasteiger partial charge < -0.3 is 5.73 Å². The van der Waals surface area contributed by atoms with Crippen molar-refractivity contribution in [1.29, 1.82) is 0 Å². The molecule has 0 radical (unpaired) electrons. The molecular weight excluding hydrogens is 100 g/mol. The first-order valence-electron chi connectivity index (χ1n) is 3.05. The van der Waals surface area contributed by atoms with Crippen LogP contribution in [-0.4, -0.2) is 12.4 Å². The van der Waals surface area contributed by atoms with Gasteiger partial charge in [-0.1, -0.05) is 0 Å². The van der Waals surface area contributed by atoms with Crippen molar-refractivity contribution < 1.29 is 0 Å². The Bertz CT molecular complexity index is 99.1. The first kappa shape index (κ1) is 5.60. The van der Waals surface area contributed by atoms with E-state index >= 15 is 0 Å². The van der Waals surface area contributed by atoms with Crippen LogP contribution < -0.4 is 5.73 Å². The molecule has 2 heteroatoms. The molecule has 0 aliphatic heterocycles. The van der Waals surface area contributed by atoms with Crippen LogP contribution in [0.5, 0.6) is 0 Å². The molecule has 0 aromatic heterocycles. The third-order valence-corrected chi connectivity index (χ3v) is 1.30. The van der Waals surface area contributed by atoms with Crippen LogP contribution in [0.4, 0.5) is 0 Å². The quantitative estimate of drug-likeness (QED) is 0.416. The van der Waals surface area contributed by atoms with Crippen molar-refractivity contribution in [2.24, 2.45) is 16.6 Å². The Hall–Kier alpha value is -0.530. The lowest BCUT2D eigenvalue weighted by molar-refractivity contribution is 0.846. The van der Waals surface area contributed by atoms with Gasteiger partial charge in [-0.3, -0.25) is 4.99 Å². The van der Waals surface area contributed by atoms with Crippen LogP contribution in [0.3, 0.4) is 0 Å². The first-order valence-corrected chi connectivity index (χ1v) is 3.05. The molecule has 2 N–H and O–H groups in total. The van der Waals surface area contributed by atoms with E-state index in [-0.39, 0.29) is 0 Å². The maximum atomic E-state index is 5.32. The number of nitrogens with zero attached hydrogens (tertiary/aromatic N) is 1. The third-order valence-electron chi connectivity index (χ3n) is 1.30. The molecule has 0 bridgehead atoms. The molecule has 0 heterocycles. The summed E-state index contributed by atoms with van der Waals surface area (Å²) in [6.45, 7) is 2.80. The molecule has 46 valence electrons. The second-order valence-electron chi connectivity index (χ2n) is 2.43. The Balaban J connectivity index is 2.10. The smallest absolute Gasteiger partial charge is 0.0905 e. The van der Waals surface area contributed by atoms with Crippen molar-refractivity contribution in [1.82, 2.24) is 0 Å². The molecule has 0 saturated heterocycles. The zero-order valence-electron chi connectivity index (χ0n) is 5.22. The maximum Gasteiger partial charge on any atom is 0.0905 e. The average Bonchev–Trinajstić information content (AvgIpc) is 2.41. The van der Waals surface area contributed by atoms with Crippen LogP contribution in [0.2, 0.25) is 0 Å². The SMILES string of the molecule is CC(N)=NCC1CC1. The molecule has 8 heavy (non-hydrogen) atoms. The highest BCUT2D eigenvalue weighted by Crippen LogP contribution is 2.28. The number of rotatable bonds is 2. The van der Waals surface area contributed by atoms with Gasteiger partial charge in [0.25, 0.3) is 0 Å². The fourth-order valence-corrected chi connectivity index (χ4v) is 0.574. The number of aliphatic imine (C=N–C) groups is 1. The van der Waals surface area contributed by atoms with Gasteiger partial charge in [0.2, 0.25) is 0 Å². The van der Waals surface area contributed by atoms with Crippen LogP contribution in [-0.2, 0) is 0 Å². The summed E-state index contributed by atoms with van der Waals surface area (Å²) in [5.74, 6) is 1.59. The van der Waals surface area contributed by atoms with E-state index in [1.165, 1.54) is 12.8 Å². The van der Waals surface area contributed by atoms with E-state index in [1.807, 2.05) is 6.92 Å². The minimum absolute atomic E-state index is 0.719. The molecule has 2 nitrogen and oxygen atoms in total. The summed E-state index contributed by atoms with van der Waals surface area (Å²) in [6, 6.07) is 0. The van der Waals surface area contributed by atoms with Crippen molar-refractivity contribution >= 4 is 5.84 Å². The lowest BCUT2D eigenvalue weighted by Crippen LogP contribution is -2.06. The molecule has 1 aliphatic carbocycles. The van der Waals surface area contributed by atoms with Gasteiger partial charge in [0.05, 0.1) is 5.84 Å². The number of hydrogen-bond acceptors (Lipinski definition) is 1. The predicted octanol–water partition coefficient (Wildman–Crippen LogP) is 0.774. The molecule has 0 atom stereocenters. The molecule has 0 aromatic carbocycles. The lowest BCUT2D eigenvalue weighted by Gasteiger charge is -1.88. The average molecular weight is 112 g/mol. The van der Waals surface area contributed by atoms with E-state index < -0.39 is 0 Å². The van der Waals surface area contributed by atoms with E-state index in [4.69, 9.17) is 5.73 Å². The standard InChI is InChI=1S/C6H12N2/c1-5(7)8-4-6-2-3-6/h6H,2-4H2,1H3,(H2,7,8). The van der Waals surface area contributed by atoms with E-state index in [9.17, 15) is 0 Å². The van der Waals surface area contributed by atoms with E-state index in [0.717, 1.165) is 18.3 Å². The number of nitrogens with two attached hydrogens (primary N) is 1. The summed E-state index contributed by atoms with van der Waals surface area (Å²) < 4.78 is 0. The third kappa shape index (κ3) is 1.96. The number of amidine groups is 1. The molecule has 0 aromatic rings. The van der Waals surface area contributed by atoms with Gasteiger partial charge >= 0.3 is 0 Å². The van der Waals surface area contributed by atoms with Crippen molar-refractivity contribution in [2.75, 3.05) is 6.54 Å². The zero-order chi connectivity index (χ0) is 5.98. The fourth-order valence-electron chi connectivity index (χ4n) is 0.574. The summed E-state index contributed by atoms with van der Waals surface area (Å²) in [5, 5.41) is 0. The monoisotopic (exact) mass is 112 g/mol. The number of hydrogen-bond donors (Lipinski definition) is 1. The highest BCUT2D eigenvalue weighted by Gasteiger charge is 2.19. The molecule has 1 saturated carbocycles. The highest BCUT2D eigenvalue weighted by molar-refractivity contribution is 5.77. The molecule has 1 fully saturated rings. The Kier molecular flexibility index (Phi) is 1.51. The molecule has 0 unspecified atom stereocenters. The molecular formula is C6H12N2. The van der Waals surface area contributed by atoms with Crippen molar-refractivity contribution in [3.63, 3.8) is 0 Å². The zero-order valence-corrected chi connectivity index (χ0v) is 5.22. The Morgan fingerprint density at radius 2 is 2.38 bits per heavy atom. The van der Waals surface area contributed by atoms with Crippen LogP contribution in [0.15, 0.2) is 4.99 Å². The summed E-state index contributed by atoms with van der Waals surface area (Å²) in [5.41, 5.74) is 5.32. The van der Waals surface area contributed by atoms with E-state index in [0.29, 0.717) is 0 Å². The summed E-state index contributed by atoms with van der Waals surface area (Å²) >= 11 is 0. The second-order valence-corrected chi connectivity index (χ2v) is 2.43.